The fourth-order valence-corrected chi connectivity index (χ4v) is 2.88. The van der Waals surface area contributed by atoms with Crippen molar-refractivity contribution in [3.8, 4) is 5.75 Å². The predicted molar refractivity (Wildman–Crippen MR) is 93.1 cm³/mol. The highest BCUT2D eigenvalue weighted by molar-refractivity contribution is 5.94. The van der Waals surface area contributed by atoms with Crippen LogP contribution in [0.15, 0.2) is 36.4 Å². The summed E-state index contributed by atoms with van der Waals surface area (Å²) < 4.78 is 5.61. The van der Waals surface area contributed by atoms with Crippen LogP contribution in [0.1, 0.15) is 11.1 Å². The van der Waals surface area contributed by atoms with E-state index in [1.54, 1.807) is 6.07 Å². The maximum Gasteiger partial charge on any atom is 0.243 e. The number of fused-ring (bicyclic) bond motifs is 1. The highest BCUT2D eigenvalue weighted by Gasteiger charge is 2.20. The molecular formula is C18H21N3O2. The van der Waals surface area contributed by atoms with Gasteiger partial charge in [-0.25, -0.2) is 0 Å². The quantitative estimate of drug-likeness (QED) is 0.855. The maximum absolute atomic E-state index is 12.4. The van der Waals surface area contributed by atoms with E-state index in [4.69, 9.17) is 10.5 Å². The van der Waals surface area contributed by atoms with Crippen LogP contribution in [0.25, 0.3) is 0 Å². The molecule has 0 bridgehead atoms. The molecule has 0 atom stereocenters. The minimum atomic E-state index is -0.0420. The molecule has 1 heterocycles. The molecule has 0 radical (unpaired) electrons. The van der Waals surface area contributed by atoms with Crippen LogP contribution in [0.4, 0.5) is 17.1 Å². The van der Waals surface area contributed by atoms with Gasteiger partial charge in [0.15, 0.2) is 0 Å². The third-order valence-electron chi connectivity index (χ3n) is 3.78. The second kappa shape index (κ2) is 6.20. The Morgan fingerprint density at radius 1 is 1.22 bits per heavy atom. The van der Waals surface area contributed by atoms with Gasteiger partial charge in [0.1, 0.15) is 12.4 Å². The summed E-state index contributed by atoms with van der Waals surface area (Å²) in [7, 11) is 0. The molecule has 0 spiro atoms. The van der Waals surface area contributed by atoms with Crippen LogP contribution in [0.5, 0.6) is 5.75 Å². The third kappa shape index (κ3) is 3.56. The van der Waals surface area contributed by atoms with E-state index < -0.39 is 0 Å². The maximum atomic E-state index is 12.4. The van der Waals surface area contributed by atoms with Crippen molar-refractivity contribution in [1.29, 1.82) is 0 Å². The Bertz CT molecular complexity index is 723. The van der Waals surface area contributed by atoms with Gasteiger partial charge >= 0.3 is 0 Å². The molecule has 120 valence electrons. The molecule has 1 amide bonds. The average molecular weight is 311 g/mol. The van der Waals surface area contributed by atoms with Crippen LogP contribution in [0, 0.1) is 13.8 Å². The molecule has 1 aliphatic rings. The molecule has 23 heavy (non-hydrogen) atoms. The second-order valence-corrected chi connectivity index (χ2v) is 5.92. The topological polar surface area (TPSA) is 67.6 Å². The lowest BCUT2D eigenvalue weighted by Gasteiger charge is -2.30. The largest absolute Gasteiger partial charge is 0.489 e. The number of anilines is 3. The lowest BCUT2D eigenvalue weighted by Crippen LogP contribution is -2.38. The Hall–Kier alpha value is -2.69. The van der Waals surface area contributed by atoms with Crippen LogP contribution < -0.4 is 20.7 Å². The smallest absolute Gasteiger partial charge is 0.243 e. The molecule has 0 aliphatic carbocycles. The molecule has 1 aliphatic heterocycles. The van der Waals surface area contributed by atoms with Gasteiger partial charge < -0.3 is 20.7 Å². The molecule has 0 saturated carbocycles. The zero-order valence-electron chi connectivity index (χ0n) is 13.4. The number of nitrogens with one attached hydrogen (secondary N) is 1. The summed E-state index contributed by atoms with van der Waals surface area (Å²) in [5.41, 5.74) is 10.4. The van der Waals surface area contributed by atoms with E-state index in [1.165, 1.54) is 0 Å². The standard InChI is InChI=1S/C18H21N3O2/c1-12-7-13(2)9-15(8-12)20-18(22)11-21-5-6-23-17-10-14(19)3-4-16(17)21/h3-4,7-10H,5-6,11,19H2,1-2H3,(H,20,22). The minimum Gasteiger partial charge on any atom is -0.489 e. The summed E-state index contributed by atoms with van der Waals surface area (Å²) in [6.07, 6.45) is 0. The van der Waals surface area contributed by atoms with E-state index in [2.05, 4.69) is 11.4 Å². The summed E-state index contributed by atoms with van der Waals surface area (Å²) in [5.74, 6) is 0.690. The number of nitrogens with zero attached hydrogens (tertiary/aromatic N) is 1. The summed E-state index contributed by atoms with van der Waals surface area (Å²) in [4.78, 5) is 14.4. The first kappa shape index (κ1) is 15.2. The van der Waals surface area contributed by atoms with Crippen LogP contribution in [-0.4, -0.2) is 25.6 Å². The molecule has 0 saturated heterocycles. The van der Waals surface area contributed by atoms with E-state index >= 15 is 0 Å². The van der Waals surface area contributed by atoms with Gasteiger partial charge in [0, 0.05) is 17.4 Å². The molecule has 2 aromatic carbocycles. The van der Waals surface area contributed by atoms with Gasteiger partial charge in [-0.3, -0.25) is 4.79 Å². The van der Waals surface area contributed by atoms with Crippen LogP contribution >= 0.6 is 0 Å². The number of benzene rings is 2. The molecule has 5 heteroatoms. The Labute approximate surface area is 136 Å². The van der Waals surface area contributed by atoms with Gasteiger partial charge in [0.2, 0.25) is 5.91 Å². The first-order valence-corrected chi connectivity index (χ1v) is 7.67. The van der Waals surface area contributed by atoms with Gasteiger partial charge in [0.05, 0.1) is 18.8 Å². The van der Waals surface area contributed by atoms with Crippen molar-refractivity contribution in [2.24, 2.45) is 0 Å². The highest BCUT2D eigenvalue weighted by atomic mass is 16.5. The van der Waals surface area contributed by atoms with E-state index in [1.807, 2.05) is 43.0 Å². The minimum absolute atomic E-state index is 0.0420. The van der Waals surface area contributed by atoms with Crippen molar-refractivity contribution in [3.05, 3.63) is 47.5 Å². The number of hydrogen-bond acceptors (Lipinski definition) is 4. The molecule has 2 aromatic rings. The van der Waals surface area contributed by atoms with Gasteiger partial charge in [0.25, 0.3) is 0 Å². The van der Waals surface area contributed by atoms with Crippen molar-refractivity contribution in [3.63, 3.8) is 0 Å². The molecule has 5 nitrogen and oxygen atoms in total. The van der Waals surface area contributed by atoms with Crippen molar-refractivity contribution < 1.29 is 9.53 Å². The normalized spacial score (nSPS) is 13.2. The van der Waals surface area contributed by atoms with Crippen LogP contribution in [0.2, 0.25) is 0 Å². The lowest BCUT2D eigenvalue weighted by molar-refractivity contribution is -0.115. The number of amides is 1. The van der Waals surface area contributed by atoms with Crippen molar-refractivity contribution in [2.75, 3.05) is 35.6 Å². The Morgan fingerprint density at radius 3 is 2.70 bits per heavy atom. The molecule has 0 fully saturated rings. The number of carbonyl (C=O) groups is 1. The number of hydrogen-bond donors (Lipinski definition) is 2. The lowest BCUT2D eigenvalue weighted by atomic mass is 10.1. The fourth-order valence-electron chi connectivity index (χ4n) is 2.88. The van der Waals surface area contributed by atoms with Gasteiger partial charge in [-0.2, -0.15) is 0 Å². The SMILES string of the molecule is Cc1cc(C)cc(NC(=O)CN2CCOc3cc(N)ccc32)c1. The highest BCUT2D eigenvalue weighted by Crippen LogP contribution is 2.33. The molecule has 3 N–H and O–H groups in total. The monoisotopic (exact) mass is 311 g/mol. The molecular weight excluding hydrogens is 290 g/mol. The van der Waals surface area contributed by atoms with Gasteiger partial charge in [-0.1, -0.05) is 6.07 Å². The Balaban J connectivity index is 1.71. The zero-order valence-corrected chi connectivity index (χ0v) is 13.4. The number of ether oxygens (including phenoxy) is 1. The molecule has 0 aromatic heterocycles. The number of nitrogens with two attached hydrogens (primary N) is 1. The molecule has 3 rings (SSSR count). The van der Waals surface area contributed by atoms with E-state index in [9.17, 15) is 4.79 Å². The Morgan fingerprint density at radius 2 is 1.96 bits per heavy atom. The summed E-state index contributed by atoms with van der Waals surface area (Å²) in [6.45, 7) is 5.55. The summed E-state index contributed by atoms with van der Waals surface area (Å²) in [5, 5.41) is 2.97. The van der Waals surface area contributed by atoms with Crippen molar-refractivity contribution in [2.45, 2.75) is 13.8 Å². The van der Waals surface area contributed by atoms with Crippen molar-refractivity contribution >= 4 is 23.0 Å². The van der Waals surface area contributed by atoms with Gasteiger partial charge in [-0.15, -0.1) is 0 Å². The summed E-state index contributed by atoms with van der Waals surface area (Å²) >= 11 is 0. The van der Waals surface area contributed by atoms with E-state index in [0.29, 0.717) is 18.8 Å². The van der Waals surface area contributed by atoms with E-state index in [-0.39, 0.29) is 12.5 Å². The number of rotatable bonds is 3. The summed E-state index contributed by atoms with van der Waals surface area (Å²) in [6, 6.07) is 11.5. The Kier molecular flexibility index (Phi) is 4.10. The average Bonchev–Trinajstić information content (AvgIpc) is 2.45. The van der Waals surface area contributed by atoms with Crippen molar-refractivity contribution in [1.82, 2.24) is 0 Å². The predicted octanol–water partition coefficient (Wildman–Crippen LogP) is 2.72. The number of carbonyl (C=O) groups excluding carboxylic acids is 1. The number of aryl methyl sites for hydroxylation is 2. The number of nitrogen functional groups attached to an aromatic ring is 1. The van der Waals surface area contributed by atoms with E-state index in [0.717, 1.165) is 28.3 Å². The molecule has 0 unspecified atom stereocenters. The first-order valence-electron chi connectivity index (χ1n) is 7.67. The van der Waals surface area contributed by atoms with Gasteiger partial charge in [-0.05, 0) is 49.2 Å². The first-order chi connectivity index (χ1) is 11.0. The van der Waals surface area contributed by atoms with Crippen LogP contribution in [0.3, 0.4) is 0 Å². The fraction of sp³-hybridized carbons (Fsp3) is 0.278. The second-order valence-electron chi connectivity index (χ2n) is 5.92. The van der Waals surface area contributed by atoms with Crippen LogP contribution in [-0.2, 0) is 4.79 Å². The third-order valence-corrected chi connectivity index (χ3v) is 3.78. The zero-order chi connectivity index (χ0) is 16.4.